The molecule has 0 aliphatic rings. The van der Waals surface area contributed by atoms with Crippen molar-refractivity contribution in [2.45, 2.75) is 12.8 Å². The van der Waals surface area contributed by atoms with Crippen molar-refractivity contribution in [2.75, 3.05) is 0 Å². The summed E-state index contributed by atoms with van der Waals surface area (Å²) in [6, 6.07) is 11.2. The molecule has 3 heterocycles. The number of rotatable bonds is 3. The van der Waals surface area contributed by atoms with E-state index in [-0.39, 0.29) is 38.4 Å². The molecular formula is C22H11BrCl2F2N4O2. The summed E-state index contributed by atoms with van der Waals surface area (Å²) in [5.74, 6) is -3.46. The standard InChI is InChI=1S/C22H11BrCl2F2N4O2/c1-22(26,27)16-9-15(31(30-16)19-14(24)3-2-6-28-19)20-29-18-13(21(32)33-20)8-10-7-11(23)4-5-12(10)17(18)25/h2-9H,1H3. The smallest absolute Gasteiger partial charge is 0.347 e. The van der Waals surface area contributed by atoms with Gasteiger partial charge in [0.15, 0.2) is 5.82 Å². The zero-order valence-electron chi connectivity index (χ0n) is 16.6. The number of alkyl halides is 2. The fraction of sp³-hybridized carbons (Fsp3) is 0.0909. The number of halogens is 5. The Balaban J connectivity index is 1.82. The summed E-state index contributed by atoms with van der Waals surface area (Å²) in [6.45, 7) is 0.703. The second-order valence-corrected chi connectivity index (χ2v) is 8.98. The molecule has 0 unspecified atom stereocenters. The van der Waals surface area contributed by atoms with Gasteiger partial charge in [0.05, 0.1) is 15.4 Å². The monoisotopic (exact) mass is 550 g/mol. The van der Waals surface area contributed by atoms with E-state index in [1.54, 1.807) is 24.3 Å². The molecule has 11 heteroatoms. The molecule has 0 bridgehead atoms. The van der Waals surface area contributed by atoms with Gasteiger partial charge in [0, 0.05) is 23.0 Å². The molecule has 3 aromatic heterocycles. The lowest BCUT2D eigenvalue weighted by molar-refractivity contribution is 0.0124. The molecule has 2 aromatic carbocycles. The van der Waals surface area contributed by atoms with Crippen molar-refractivity contribution >= 4 is 60.8 Å². The SMILES string of the molecule is CC(F)(F)c1cc(-c2nc3c(Cl)c4ccc(Br)cc4cc3c(=O)o2)n(-c2ncccc2Cl)n1. The Labute approximate surface area is 202 Å². The van der Waals surface area contributed by atoms with Crippen LogP contribution in [0.1, 0.15) is 12.6 Å². The Kier molecular flexibility index (Phi) is 5.23. The molecule has 0 atom stereocenters. The summed E-state index contributed by atoms with van der Waals surface area (Å²) >= 11 is 16.2. The Morgan fingerprint density at radius 2 is 1.91 bits per heavy atom. The number of fused-ring (bicyclic) bond motifs is 2. The van der Waals surface area contributed by atoms with Gasteiger partial charge in [-0.05, 0) is 41.8 Å². The maximum atomic E-state index is 14.1. The summed E-state index contributed by atoms with van der Waals surface area (Å²) in [6.07, 6.45) is 1.43. The van der Waals surface area contributed by atoms with E-state index in [2.05, 4.69) is 31.0 Å². The lowest BCUT2D eigenvalue weighted by atomic mass is 10.1. The minimum Gasteiger partial charge on any atom is -0.401 e. The van der Waals surface area contributed by atoms with Crippen LogP contribution in [0.5, 0.6) is 0 Å². The molecule has 0 saturated carbocycles. The molecule has 0 saturated heterocycles. The lowest BCUT2D eigenvalue weighted by Crippen LogP contribution is -2.10. The van der Waals surface area contributed by atoms with E-state index in [0.29, 0.717) is 17.7 Å². The highest BCUT2D eigenvalue weighted by atomic mass is 79.9. The first kappa shape index (κ1) is 21.9. The Morgan fingerprint density at radius 3 is 2.64 bits per heavy atom. The van der Waals surface area contributed by atoms with Crippen molar-refractivity contribution in [2.24, 2.45) is 0 Å². The normalized spacial score (nSPS) is 12.1. The first-order valence-corrected chi connectivity index (χ1v) is 11.0. The molecule has 0 radical (unpaired) electrons. The van der Waals surface area contributed by atoms with Crippen LogP contribution < -0.4 is 5.63 Å². The van der Waals surface area contributed by atoms with Gasteiger partial charge in [-0.25, -0.2) is 19.4 Å². The lowest BCUT2D eigenvalue weighted by Gasteiger charge is -2.09. The summed E-state index contributed by atoms with van der Waals surface area (Å²) in [5.41, 5.74) is -1.16. The molecule has 6 nitrogen and oxygen atoms in total. The quantitative estimate of drug-likeness (QED) is 0.231. The van der Waals surface area contributed by atoms with Crippen LogP contribution in [0.25, 0.3) is 39.1 Å². The zero-order valence-corrected chi connectivity index (χ0v) is 19.7. The minimum atomic E-state index is -3.28. The van der Waals surface area contributed by atoms with Crippen molar-refractivity contribution < 1.29 is 13.2 Å². The van der Waals surface area contributed by atoms with Gasteiger partial charge in [0.25, 0.3) is 5.92 Å². The minimum absolute atomic E-state index is 0.0295. The Bertz CT molecular complexity index is 1630. The molecule has 166 valence electrons. The fourth-order valence-electron chi connectivity index (χ4n) is 3.41. The van der Waals surface area contributed by atoms with Gasteiger partial charge >= 0.3 is 5.63 Å². The van der Waals surface area contributed by atoms with Gasteiger partial charge in [-0.1, -0.05) is 45.2 Å². The Hall–Kier alpha value is -2.88. The van der Waals surface area contributed by atoms with Crippen molar-refractivity contribution in [3.05, 3.63) is 79.3 Å². The predicted molar refractivity (Wildman–Crippen MR) is 125 cm³/mol. The first-order valence-electron chi connectivity index (χ1n) is 9.46. The molecule has 0 amide bonds. The van der Waals surface area contributed by atoms with Crippen LogP contribution in [-0.2, 0) is 5.92 Å². The first-order chi connectivity index (χ1) is 15.6. The highest BCUT2D eigenvalue weighted by Crippen LogP contribution is 2.35. The summed E-state index contributed by atoms with van der Waals surface area (Å²) in [7, 11) is 0. The van der Waals surface area contributed by atoms with Crippen LogP contribution in [0.3, 0.4) is 0 Å². The van der Waals surface area contributed by atoms with E-state index in [0.717, 1.165) is 15.2 Å². The van der Waals surface area contributed by atoms with Gasteiger partial charge in [-0.2, -0.15) is 13.9 Å². The molecule has 5 rings (SSSR count). The van der Waals surface area contributed by atoms with Crippen LogP contribution in [0.2, 0.25) is 10.0 Å². The van der Waals surface area contributed by atoms with Gasteiger partial charge in [0.1, 0.15) is 16.9 Å². The Morgan fingerprint density at radius 1 is 1.12 bits per heavy atom. The third-order valence-corrected chi connectivity index (χ3v) is 6.12. The van der Waals surface area contributed by atoms with Gasteiger partial charge < -0.3 is 4.42 Å². The van der Waals surface area contributed by atoms with E-state index in [1.807, 2.05) is 6.07 Å². The highest BCUT2D eigenvalue weighted by molar-refractivity contribution is 9.10. The number of nitrogens with zero attached hydrogens (tertiary/aromatic N) is 4. The average molecular weight is 552 g/mol. The fourth-order valence-corrected chi connectivity index (χ4v) is 4.30. The third kappa shape index (κ3) is 3.80. The number of pyridine rings is 1. The van der Waals surface area contributed by atoms with E-state index in [1.165, 1.54) is 12.3 Å². The van der Waals surface area contributed by atoms with Gasteiger partial charge in [-0.15, -0.1) is 0 Å². The number of hydrogen-bond donors (Lipinski definition) is 0. The zero-order chi connectivity index (χ0) is 23.5. The second-order valence-electron chi connectivity index (χ2n) is 7.28. The summed E-state index contributed by atoms with van der Waals surface area (Å²) in [4.78, 5) is 21.4. The highest BCUT2D eigenvalue weighted by Gasteiger charge is 2.31. The van der Waals surface area contributed by atoms with Crippen molar-refractivity contribution in [3.8, 4) is 17.4 Å². The molecule has 0 spiro atoms. The van der Waals surface area contributed by atoms with Crippen molar-refractivity contribution in [1.29, 1.82) is 0 Å². The number of aromatic nitrogens is 4. The van der Waals surface area contributed by atoms with Crippen LogP contribution in [0, 0.1) is 0 Å². The van der Waals surface area contributed by atoms with E-state index in [4.69, 9.17) is 27.6 Å². The molecule has 0 aliphatic carbocycles. The van der Waals surface area contributed by atoms with Crippen LogP contribution in [0.4, 0.5) is 8.78 Å². The second kappa shape index (κ2) is 7.86. The van der Waals surface area contributed by atoms with E-state index >= 15 is 0 Å². The maximum Gasteiger partial charge on any atom is 0.347 e. The van der Waals surface area contributed by atoms with Gasteiger partial charge in [0.2, 0.25) is 5.89 Å². The molecule has 5 aromatic rings. The number of hydrogen-bond acceptors (Lipinski definition) is 5. The van der Waals surface area contributed by atoms with E-state index in [9.17, 15) is 13.6 Å². The van der Waals surface area contributed by atoms with E-state index < -0.39 is 17.2 Å². The topological polar surface area (TPSA) is 73.8 Å². The van der Waals surface area contributed by atoms with Crippen molar-refractivity contribution in [3.63, 3.8) is 0 Å². The van der Waals surface area contributed by atoms with Crippen LogP contribution in [0.15, 0.2) is 62.3 Å². The average Bonchev–Trinajstić information content (AvgIpc) is 3.20. The van der Waals surface area contributed by atoms with Crippen LogP contribution in [-0.4, -0.2) is 19.7 Å². The maximum absolute atomic E-state index is 14.1. The third-order valence-electron chi connectivity index (χ3n) is 4.95. The molecule has 0 fully saturated rings. The predicted octanol–water partition coefficient (Wildman–Crippen LogP) is 6.77. The number of benzene rings is 2. The van der Waals surface area contributed by atoms with Gasteiger partial charge in [-0.3, -0.25) is 0 Å². The molecule has 0 N–H and O–H groups in total. The molecule has 33 heavy (non-hydrogen) atoms. The molecular weight excluding hydrogens is 541 g/mol. The van der Waals surface area contributed by atoms with Crippen molar-refractivity contribution in [1.82, 2.24) is 19.7 Å². The largest absolute Gasteiger partial charge is 0.401 e. The summed E-state index contributed by atoms with van der Waals surface area (Å²) < 4.78 is 35.5. The van der Waals surface area contributed by atoms with Crippen LogP contribution >= 0.6 is 39.1 Å². The summed E-state index contributed by atoms with van der Waals surface area (Å²) in [5, 5.41) is 5.87. The molecule has 0 aliphatic heterocycles.